The summed E-state index contributed by atoms with van der Waals surface area (Å²) in [6.45, 7) is 5.52. The second kappa shape index (κ2) is 8.04. The number of nitrogens with zero attached hydrogens (tertiary/aromatic N) is 1. The minimum Gasteiger partial charge on any atom is -0.507 e. The number of hydrogen-bond acceptors (Lipinski definition) is 4. The maximum absolute atomic E-state index is 12.9. The molecular weight excluding hydrogens is 326 g/mol. The summed E-state index contributed by atoms with van der Waals surface area (Å²) in [7, 11) is 0. The number of amides is 1. The highest BCUT2D eigenvalue weighted by Crippen LogP contribution is 2.35. The van der Waals surface area contributed by atoms with E-state index in [1.54, 1.807) is 6.07 Å². The highest BCUT2D eigenvalue weighted by molar-refractivity contribution is 6.11. The van der Waals surface area contributed by atoms with Crippen LogP contribution in [0.25, 0.3) is 11.1 Å². The van der Waals surface area contributed by atoms with Gasteiger partial charge in [0.15, 0.2) is 5.96 Å². The number of rotatable bonds is 5. The summed E-state index contributed by atoms with van der Waals surface area (Å²) in [5.41, 5.74) is 4.24. The number of aryl methyl sites for hydroxylation is 2. The van der Waals surface area contributed by atoms with E-state index in [0.29, 0.717) is 24.6 Å². The molecule has 0 fully saturated rings. The molecule has 0 atom stereocenters. The number of hydrogen-bond donors (Lipinski definition) is 3. The number of nitrogens with one attached hydrogen (secondary N) is 2. The van der Waals surface area contributed by atoms with E-state index in [4.69, 9.17) is 0 Å². The van der Waals surface area contributed by atoms with Gasteiger partial charge in [-0.3, -0.25) is 15.1 Å². The van der Waals surface area contributed by atoms with Crippen LogP contribution in [0, 0.1) is 6.92 Å². The van der Waals surface area contributed by atoms with Gasteiger partial charge in [0.25, 0.3) is 5.91 Å². The second-order valence-corrected chi connectivity index (χ2v) is 6.58. The second-order valence-electron chi connectivity index (χ2n) is 6.58. The lowest BCUT2D eigenvalue weighted by molar-refractivity contribution is 0.0974. The standard InChI is InChI=1S/C21H25N3O2/c1-3-4-7-15-9-10-17(25)19(20(26)24-21-22-11-12-23-21)18(15)16-8-5-6-14(2)13-16/h5-6,8-10,13,25H,3-4,7,11-12H2,1-2H3,(H2,22,23,24,26). The van der Waals surface area contributed by atoms with Gasteiger partial charge in [-0.2, -0.15) is 0 Å². The first-order valence-electron chi connectivity index (χ1n) is 9.11. The molecule has 3 N–H and O–H groups in total. The lowest BCUT2D eigenvalue weighted by Gasteiger charge is -2.17. The molecule has 0 bridgehead atoms. The van der Waals surface area contributed by atoms with Crippen LogP contribution in [-0.2, 0) is 6.42 Å². The Hall–Kier alpha value is -2.82. The van der Waals surface area contributed by atoms with Crippen molar-refractivity contribution in [2.75, 3.05) is 13.1 Å². The number of guanidine groups is 1. The fourth-order valence-corrected chi connectivity index (χ4v) is 3.22. The number of aliphatic imine (C=N–C) groups is 1. The summed E-state index contributed by atoms with van der Waals surface area (Å²) in [5.74, 6) is 0.104. The Labute approximate surface area is 154 Å². The average molecular weight is 351 g/mol. The highest BCUT2D eigenvalue weighted by Gasteiger charge is 2.22. The van der Waals surface area contributed by atoms with Crippen LogP contribution in [0.3, 0.4) is 0 Å². The molecule has 0 unspecified atom stereocenters. The molecular formula is C21H25N3O2. The molecule has 1 amide bonds. The number of phenolic OH excluding ortho intramolecular Hbond substituents is 1. The lowest BCUT2D eigenvalue weighted by atomic mass is 9.90. The summed E-state index contributed by atoms with van der Waals surface area (Å²) in [4.78, 5) is 17.1. The topological polar surface area (TPSA) is 73.7 Å². The van der Waals surface area contributed by atoms with Crippen LogP contribution >= 0.6 is 0 Å². The van der Waals surface area contributed by atoms with Crippen molar-refractivity contribution in [3.05, 3.63) is 53.1 Å². The van der Waals surface area contributed by atoms with E-state index < -0.39 is 0 Å². The van der Waals surface area contributed by atoms with E-state index in [-0.39, 0.29) is 11.7 Å². The van der Waals surface area contributed by atoms with E-state index in [1.165, 1.54) is 0 Å². The first-order valence-corrected chi connectivity index (χ1v) is 9.11. The van der Waals surface area contributed by atoms with Gasteiger partial charge in [-0.25, -0.2) is 0 Å². The maximum Gasteiger partial charge on any atom is 0.262 e. The third-order valence-electron chi connectivity index (χ3n) is 4.51. The average Bonchev–Trinajstić information content (AvgIpc) is 3.13. The molecule has 26 heavy (non-hydrogen) atoms. The van der Waals surface area contributed by atoms with Crippen LogP contribution in [-0.4, -0.2) is 30.1 Å². The molecule has 0 saturated heterocycles. The van der Waals surface area contributed by atoms with Crippen LogP contribution in [0.1, 0.15) is 41.3 Å². The Bertz CT molecular complexity index is 843. The molecule has 2 aromatic rings. The van der Waals surface area contributed by atoms with Crippen LogP contribution < -0.4 is 10.6 Å². The molecule has 0 aromatic heterocycles. The van der Waals surface area contributed by atoms with Crippen LogP contribution in [0.2, 0.25) is 0 Å². The van der Waals surface area contributed by atoms with Crippen LogP contribution in [0.4, 0.5) is 0 Å². The Morgan fingerprint density at radius 2 is 2.15 bits per heavy atom. The molecule has 1 heterocycles. The molecule has 0 saturated carbocycles. The number of aromatic hydroxyl groups is 1. The minimum absolute atomic E-state index is 0.0159. The zero-order valence-electron chi connectivity index (χ0n) is 15.3. The SMILES string of the molecule is CCCCc1ccc(O)c(C(=O)NC2=NCCN2)c1-c1cccc(C)c1. The largest absolute Gasteiger partial charge is 0.507 e. The number of unbranched alkanes of at least 4 members (excludes halogenated alkanes) is 1. The molecule has 5 heteroatoms. The molecule has 5 nitrogen and oxygen atoms in total. The summed E-state index contributed by atoms with van der Waals surface area (Å²) in [6, 6.07) is 11.6. The van der Waals surface area contributed by atoms with E-state index in [2.05, 4.69) is 22.5 Å². The first-order chi connectivity index (χ1) is 12.6. The van der Waals surface area contributed by atoms with Gasteiger partial charge in [0.05, 0.1) is 12.1 Å². The van der Waals surface area contributed by atoms with Gasteiger partial charge in [-0.1, -0.05) is 49.2 Å². The molecule has 0 spiro atoms. The maximum atomic E-state index is 12.9. The Morgan fingerprint density at radius 1 is 1.31 bits per heavy atom. The predicted molar refractivity (Wildman–Crippen MR) is 105 cm³/mol. The number of carbonyl (C=O) groups is 1. The van der Waals surface area contributed by atoms with E-state index >= 15 is 0 Å². The lowest BCUT2D eigenvalue weighted by Crippen LogP contribution is -2.38. The fourth-order valence-electron chi connectivity index (χ4n) is 3.22. The quantitative estimate of drug-likeness (QED) is 0.773. The molecule has 136 valence electrons. The van der Waals surface area contributed by atoms with E-state index in [0.717, 1.165) is 41.5 Å². The van der Waals surface area contributed by atoms with Crippen molar-refractivity contribution in [2.45, 2.75) is 33.1 Å². The van der Waals surface area contributed by atoms with Crippen molar-refractivity contribution in [3.8, 4) is 16.9 Å². The monoisotopic (exact) mass is 351 g/mol. The van der Waals surface area contributed by atoms with Gasteiger partial charge in [0.2, 0.25) is 0 Å². The zero-order valence-corrected chi connectivity index (χ0v) is 15.3. The van der Waals surface area contributed by atoms with Crippen molar-refractivity contribution < 1.29 is 9.90 Å². The third kappa shape index (κ3) is 3.87. The van der Waals surface area contributed by atoms with Gasteiger partial charge >= 0.3 is 0 Å². The van der Waals surface area contributed by atoms with Crippen LogP contribution in [0.15, 0.2) is 41.4 Å². The van der Waals surface area contributed by atoms with E-state index in [1.807, 2.05) is 37.3 Å². The number of carbonyl (C=O) groups excluding carboxylic acids is 1. The smallest absolute Gasteiger partial charge is 0.262 e. The van der Waals surface area contributed by atoms with Gasteiger partial charge in [0.1, 0.15) is 5.75 Å². The van der Waals surface area contributed by atoms with Crippen molar-refractivity contribution in [1.82, 2.24) is 10.6 Å². The molecule has 1 aliphatic heterocycles. The van der Waals surface area contributed by atoms with Crippen LogP contribution in [0.5, 0.6) is 5.75 Å². The first kappa shape index (κ1) is 18.0. The summed E-state index contributed by atoms with van der Waals surface area (Å²) in [5, 5.41) is 16.3. The Balaban J connectivity index is 2.10. The van der Waals surface area contributed by atoms with Crippen molar-refractivity contribution >= 4 is 11.9 Å². The predicted octanol–water partition coefficient (Wildman–Crippen LogP) is 3.40. The molecule has 0 aliphatic carbocycles. The Morgan fingerprint density at radius 3 is 2.85 bits per heavy atom. The van der Waals surface area contributed by atoms with Gasteiger partial charge < -0.3 is 10.4 Å². The number of phenols is 1. The summed E-state index contributed by atoms with van der Waals surface area (Å²) >= 11 is 0. The highest BCUT2D eigenvalue weighted by atomic mass is 16.3. The van der Waals surface area contributed by atoms with Crippen molar-refractivity contribution in [1.29, 1.82) is 0 Å². The third-order valence-corrected chi connectivity index (χ3v) is 4.51. The zero-order chi connectivity index (χ0) is 18.5. The van der Waals surface area contributed by atoms with E-state index in [9.17, 15) is 9.90 Å². The molecule has 1 aliphatic rings. The van der Waals surface area contributed by atoms with Gasteiger partial charge in [-0.15, -0.1) is 0 Å². The number of benzene rings is 2. The molecule has 0 radical (unpaired) electrons. The van der Waals surface area contributed by atoms with Crippen molar-refractivity contribution in [2.24, 2.45) is 4.99 Å². The molecule has 3 rings (SSSR count). The van der Waals surface area contributed by atoms with Gasteiger partial charge in [-0.05, 0) is 37.0 Å². The fraction of sp³-hybridized carbons (Fsp3) is 0.333. The Kier molecular flexibility index (Phi) is 5.56. The summed E-state index contributed by atoms with van der Waals surface area (Å²) in [6.07, 6.45) is 2.95. The van der Waals surface area contributed by atoms with Gasteiger partial charge in [0, 0.05) is 12.1 Å². The molecule has 2 aromatic carbocycles. The minimum atomic E-state index is -0.342. The normalized spacial score (nSPS) is 13.2. The van der Waals surface area contributed by atoms with Crippen molar-refractivity contribution in [3.63, 3.8) is 0 Å². The summed E-state index contributed by atoms with van der Waals surface area (Å²) < 4.78 is 0.